The number of aromatic nitrogens is 1. The summed E-state index contributed by atoms with van der Waals surface area (Å²) in [5.41, 5.74) is 2.66. The highest BCUT2D eigenvalue weighted by atomic mass is 16.5. The number of carbonyl (C=O) groups is 2. The minimum Gasteiger partial charge on any atom is -0.497 e. The Kier molecular flexibility index (Phi) is 8.12. The highest BCUT2D eigenvalue weighted by Crippen LogP contribution is 2.32. The molecule has 1 fully saturated rings. The third-order valence-corrected chi connectivity index (χ3v) is 6.57. The normalized spacial score (nSPS) is 14.0. The number of nitrogens with zero attached hydrogens (tertiary/aromatic N) is 2. The summed E-state index contributed by atoms with van der Waals surface area (Å²) in [4.78, 5) is 28.8. The molecule has 192 valence electrons. The average molecular weight is 496 g/mol. The summed E-state index contributed by atoms with van der Waals surface area (Å²) in [5.74, 6) is 1.36. The predicted octanol–water partition coefficient (Wildman–Crippen LogP) is 2.65. The molecule has 0 radical (unpaired) electrons. The van der Waals surface area contributed by atoms with E-state index in [1.807, 2.05) is 25.1 Å². The van der Waals surface area contributed by atoms with Gasteiger partial charge in [0.25, 0.3) is 5.91 Å². The monoisotopic (exact) mass is 495 g/mol. The van der Waals surface area contributed by atoms with Crippen LogP contribution in [0.5, 0.6) is 17.2 Å². The fourth-order valence-electron chi connectivity index (χ4n) is 4.57. The van der Waals surface area contributed by atoms with Crippen LogP contribution in [0, 0.1) is 6.92 Å². The van der Waals surface area contributed by atoms with E-state index in [4.69, 9.17) is 18.9 Å². The molecule has 0 spiro atoms. The Hall–Kier alpha value is -3.56. The molecule has 1 amide bonds. The number of benzene rings is 2. The van der Waals surface area contributed by atoms with Gasteiger partial charge in [0.05, 0.1) is 46.5 Å². The molecule has 2 heterocycles. The van der Waals surface area contributed by atoms with Crippen LogP contribution < -0.4 is 19.5 Å². The molecule has 1 N–H and O–H groups in total. The molecule has 0 bridgehead atoms. The molecule has 0 atom stereocenters. The third-order valence-electron chi connectivity index (χ3n) is 6.57. The van der Waals surface area contributed by atoms with Crippen molar-refractivity contribution in [1.29, 1.82) is 0 Å². The summed E-state index contributed by atoms with van der Waals surface area (Å²) >= 11 is 0. The summed E-state index contributed by atoms with van der Waals surface area (Å²) in [5, 5.41) is 3.83. The van der Waals surface area contributed by atoms with E-state index in [-0.39, 0.29) is 18.2 Å². The van der Waals surface area contributed by atoms with Crippen LogP contribution in [0.25, 0.3) is 10.9 Å². The Morgan fingerprint density at radius 1 is 0.972 bits per heavy atom. The first-order valence-electron chi connectivity index (χ1n) is 12.0. The summed E-state index contributed by atoms with van der Waals surface area (Å²) in [6.07, 6.45) is 0.158. The molecule has 9 heteroatoms. The Morgan fingerprint density at radius 3 is 2.42 bits per heavy atom. The number of morpholine rings is 1. The maximum absolute atomic E-state index is 13.7. The molecule has 4 rings (SSSR count). The number of amides is 1. The van der Waals surface area contributed by atoms with Gasteiger partial charge < -0.3 is 24.3 Å². The predicted molar refractivity (Wildman–Crippen MR) is 136 cm³/mol. The van der Waals surface area contributed by atoms with Crippen molar-refractivity contribution in [2.45, 2.75) is 13.3 Å². The smallest absolute Gasteiger partial charge is 0.262 e. The third kappa shape index (κ3) is 5.32. The van der Waals surface area contributed by atoms with Gasteiger partial charge >= 0.3 is 0 Å². The van der Waals surface area contributed by atoms with Crippen molar-refractivity contribution in [2.24, 2.45) is 0 Å². The van der Waals surface area contributed by atoms with E-state index in [2.05, 4.69) is 10.2 Å². The molecular formula is C27H33N3O6. The van der Waals surface area contributed by atoms with E-state index in [1.54, 1.807) is 37.0 Å². The van der Waals surface area contributed by atoms with Gasteiger partial charge in [-0.2, -0.15) is 0 Å². The number of ether oxygens (including phenoxy) is 4. The van der Waals surface area contributed by atoms with Gasteiger partial charge in [0.2, 0.25) is 5.91 Å². The van der Waals surface area contributed by atoms with Crippen molar-refractivity contribution in [2.75, 3.05) is 60.7 Å². The van der Waals surface area contributed by atoms with Crippen LogP contribution in [-0.4, -0.2) is 82.0 Å². The van der Waals surface area contributed by atoms with Crippen molar-refractivity contribution in [3.05, 3.63) is 53.2 Å². The van der Waals surface area contributed by atoms with Crippen molar-refractivity contribution < 1.29 is 28.5 Å². The first-order valence-corrected chi connectivity index (χ1v) is 12.0. The zero-order valence-corrected chi connectivity index (χ0v) is 21.3. The fraction of sp³-hybridized carbons (Fsp3) is 0.407. The Morgan fingerprint density at radius 2 is 1.72 bits per heavy atom. The largest absolute Gasteiger partial charge is 0.497 e. The number of hydrogen-bond acceptors (Lipinski definition) is 7. The molecule has 36 heavy (non-hydrogen) atoms. The van der Waals surface area contributed by atoms with Gasteiger partial charge in [-0.25, -0.2) is 0 Å². The maximum atomic E-state index is 13.7. The van der Waals surface area contributed by atoms with Gasteiger partial charge in [0.15, 0.2) is 11.5 Å². The first-order chi connectivity index (χ1) is 17.5. The highest BCUT2D eigenvalue weighted by molar-refractivity contribution is 6.05. The topological polar surface area (TPSA) is 91.3 Å². The first kappa shape index (κ1) is 25.5. The standard InChI is InChI=1S/C27H33N3O6/c1-18-21(17-26(31)28-9-10-29-11-13-36-14-12-29)22-16-20(33-2)6-7-23(22)30(18)27(32)19-5-8-24(34-3)25(15-19)35-4/h5-8,15-16H,9-14,17H2,1-4H3,(H,28,31). The van der Waals surface area contributed by atoms with Crippen molar-refractivity contribution in [3.8, 4) is 17.2 Å². The number of fused-ring (bicyclic) bond motifs is 1. The van der Waals surface area contributed by atoms with E-state index in [0.717, 1.165) is 43.8 Å². The molecule has 0 saturated carbocycles. The fourth-order valence-corrected chi connectivity index (χ4v) is 4.57. The van der Waals surface area contributed by atoms with Gasteiger partial charge in [0.1, 0.15) is 5.75 Å². The van der Waals surface area contributed by atoms with Gasteiger partial charge in [-0.1, -0.05) is 0 Å². The molecule has 9 nitrogen and oxygen atoms in total. The van der Waals surface area contributed by atoms with Crippen molar-refractivity contribution >= 4 is 22.7 Å². The van der Waals surface area contributed by atoms with E-state index in [0.29, 0.717) is 40.6 Å². The second-order valence-corrected chi connectivity index (χ2v) is 8.64. The molecule has 1 aromatic heterocycles. The molecule has 3 aromatic rings. The van der Waals surface area contributed by atoms with Gasteiger partial charge in [-0.3, -0.25) is 19.1 Å². The van der Waals surface area contributed by atoms with Crippen molar-refractivity contribution in [1.82, 2.24) is 14.8 Å². The van der Waals surface area contributed by atoms with Crippen LogP contribution in [0.3, 0.4) is 0 Å². The van der Waals surface area contributed by atoms with Gasteiger partial charge in [0, 0.05) is 42.8 Å². The average Bonchev–Trinajstić information content (AvgIpc) is 3.18. The number of hydrogen-bond donors (Lipinski definition) is 1. The van der Waals surface area contributed by atoms with Crippen LogP contribution in [0.1, 0.15) is 21.6 Å². The molecule has 2 aromatic carbocycles. The quantitative estimate of drug-likeness (QED) is 0.488. The summed E-state index contributed by atoms with van der Waals surface area (Å²) in [7, 11) is 4.68. The van der Waals surface area contributed by atoms with E-state index >= 15 is 0 Å². The van der Waals surface area contributed by atoms with Crippen LogP contribution >= 0.6 is 0 Å². The Balaban J connectivity index is 1.62. The lowest BCUT2D eigenvalue weighted by atomic mass is 10.1. The molecule has 1 aliphatic heterocycles. The summed E-state index contributed by atoms with van der Waals surface area (Å²) < 4.78 is 23.1. The van der Waals surface area contributed by atoms with Gasteiger partial charge in [-0.05, 0) is 48.9 Å². The maximum Gasteiger partial charge on any atom is 0.262 e. The van der Waals surface area contributed by atoms with Crippen LogP contribution in [0.15, 0.2) is 36.4 Å². The van der Waals surface area contributed by atoms with Crippen LogP contribution in [-0.2, 0) is 16.0 Å². The summed E-state index contributed by atoms with van der Waals surface area (Å²) in [6.45, 7) is 6.40. The molecular weight excluding hydrogens is 462 g/mol. The number of carbonyl (C=O) groups excluding carboxylic acids is 2. The van der Waals surface area contributed by atoms with E-state index in [1.165, 1.54) is 7.11 Å². The molecule has 0 unspecified atom stereocenters. The van der Waals surface area contributed by atoms with E-state index < -0.39 is 0 Å². The molecule has 1 saturated heterocycles. The van der Waals surface area contributed by atoms with E-state index in [9.17, 15) is 9.59 Å². The zero-order chi connectivity index (χ0) is 25.7. The second kappa shape index (κ2) is 11.5. The minimum absolute atomic E-state index is 0.0909. The van der Waals surface area contributed by atoms with Crippen molar-refractivity contribution in [3.63, 3.8) is 0 Å². The SMILES string of the molecule is COc1ccc2c(c1)c(CC(=O)NCCN1CCOCC1)c(C)n2C(=O)c1ccc(OC)c(OC)c1. The zero-order valence-electron chi connectivity index (χ0n) is 21.3. The highest BCUT2D eigenvalue weighted by Gasteiger charge is 2.23. The van der Waals surface area contributed by atoms with Crippen LogP contribution in [0.2, 0.25) is 0 Å². The molecule has 0 aliphatic carbocycles. The number of rotatable bonds is 9. The lowest BCUT2D eigenvalue weighted by molar-refractivity contribution is -0.120. The lowest BCUT2D eigenvalue weighted by Crippen LogP contribution is -2.41. The number of methoxy groups -OCH3 is 3. The Bertz CT molecular complexity index is 1250. The minimum atomic E-state index is -0.220. The second-order valence-electron chi connectivity index (χ2n) is 8.64. The Labute approximate surface area is 210 Å². The van der Waals surface area contributed by atoms with Gasteiger partial charge in [-0.15, -0.1) is 0 Å². The lowest BCUT2D eigenvalue weighted by Gasteiger charge is -2.26. The number of nitrogens with one attached hydrogen (secondary N) is 1. The summed E-state index contributed by atoms with van der Waals surface area (Å²) in [6, 6.07) is 10.6. The van der Waals surface area contributed by atoms with Crippen LogP contribution in [0.4, 0.5) is 0 Å². The molecule has 1 aliphatic rings.